The van der Waals surface area contributed by atoms with Crippen LogP contribution in [-0.4, -0.2) is 7.11 Å². The molecule has 2 aromatic carbocycles. The van der Waals surface area contributed by atoms with E-state index in [1.54, 1.807) is 7.11 Å². The Bertz CT molecular complexity index is 702. The maximum atomic E-state index is 6.46. The average Bonchev–Trinajstić information content (AvgIpc) is 2.90. The number of hydrogen-bond acceptors (Lipinski definition) is 2. The van der Waals surface area contributed by atoms with Crippen LogP contribution in [0.5, 0.6) is 11.5 Å². The predicted octanol–water partition coefficient (Wildman–Crippen LogP) is 5.35. The number of methoxy groups -OCH3 is 1. The molecule has 0 bridgehead atoms. The molecule has 0 unspecified atom stereocenters. The van der Waals surface area contributed by atoms with Crippen LogP contribution >= 0.6 is 0 Å². The van der Waals surface area contributed by atoms with Crippen molar-refractivity contribution in [3.8, 4) is 11.5 Å². The predicted molar refractivity (Wildman–Crippen MR) is 92.1 cm³/mol. The quantitative estimate of drug-likeness (QED) is 0.744. The Hall–Kier alpha value is -1.96. The van der Waals surface area contributed by atoms with Gasteiger partial charge in [0.2, 0.25) is 0 Å². The summed E-state index contributed by atoms with van der Waals surface area (Å²) in [5.74, 6) is 3.07. The van der Waals surface area contributed by atoms with Crippen molar-refractivity contribution in [3.05, 3.63) is 59.7 Å². The molecule has 2 nitrogen and oxygen atoms in total. The highest BCUT2D eigenvalue weighted by Crippen LogP contribution is 2.61. The topological polar surface area (TPSA) is 18.5 Å². The van der Waals surface area contributed by atoms with E-state index < -0.39 is 0 Å². The van der Waals surface area contributed by atoms with Crippen molar-refractivity contribution in [2.24, 2.45) is 11.3 Å². The Morgan fingerprint density at radius 3 is 2.52 bits per heavy atom. The largest absolute Gasteiger partial charge is 0.497 e. The Balaban J connectivity index is 1.77. The van der Waals surface area contributed by atoms with Crippen LogP contribution in [0, 0.1) is 11.3 Å². The second-order valence-electron chi connectivity index (χ2n) is 7.52. The third-order valence-corrected chi connectivity index (χ3v) is 5.73. The van der Waals surface area contributed by atoms with E-state index in [0.29, 0.717) is 17.3 Å². The molecule has 1 heterocycles. The summed E-state index contributed by atoms with van der Waals surface area (Å²) < 4.78 is 11.7. The maximum absolute atomic E-state index is 6.46. The van der Waals surface area contributed by atoms with E-state index in [1.807, 2.05) is 12.1 Å². The summed E-state index contributed by atoms with van der Waals surface area (Å²) in [6.07, 6.45) is 2.62. The van der Waals surface area contributed by atoms with Crippen LogP contribution in [0.4, 0.5) is 0 Å². The smallest absolute Gasteiger partial charge is 0.127 e. The minimum Gasteiger partial charge on any atom is -0.497 e. The van der Waals surface area contributed by atoms with Crippen LogP contribution in [-0.2, 0) is 0 Å². The molecule has 3 atom stereocenters. The summed E-state index contributed by atoms with van der Waals surface area (Å²) in [7, 11) is 1.71. The lowest BCUT2D eigenvalue weighted by Crippen LogP contribution is -2.31. The molecular weight excluding hydrogens is 284 g/mol. The normalized spacial score (nSPS) is 27.7. The second kappa shape index (κ2) is 5.30. The van der Waals surface area contributed by atoms with Crippen LogP contribution in [0.25, 0.3) is 0 Å². The lowest BCUT2D eigenvalue weighted by molar-refractivity contribution is 0.0872. The van der Waals surface area contributed by atoms with Crippen molar-refractivity contribution in [1.82, 2.24) is 0 Å². The minimum atomic E-state index is 0.141. The molecule has 0 aromatic heterocycles. The highest BCUT2D eigenvalue weighted by Gasteiger charge is 2.50. The number of rotatable bonds is 2. The van der Waals surface area contributed by atoms with Gasteiger partial charge in [-0.2, -0.15) is 0 Å². The van der Waals surface area contributed by atoms with Gasteiger partial charge in [-0.3, -0.25) is 0 Å². The molecular formula is C21H24O2. The van der Waals surface area contributed by atoms with Gasteiger partial charge < -0.3 is 9.47 Å². The van der Waals surface area contributed by atoms with E-state index in [2.05, 4.69) is 50.2 Å². The first kappa shape index (κ1) is 14.6. The Morgan fingerprint density at radius 2 is 1.78 bits per heavy atom. The van der Waals surface area contributed by atoms with E-state index in [4.69, 9.17) is 9.47 Å². The zero-order valence-electron chi connectivity index (χ0n) is 14.1. The molecule has 0 spiro atoms. The monoisotopic (exact) mass is 308 g/mol. The van der Waals surface area contributed by atoms with Crippen molar-refractivity contribution in [2.45, 2.75) is 38.7 Å². The third-order valence-electron chi connectivity index (χ3n) is 5.73. The van der Waals surface area contributed by atoms with Crippen molar-refractivity contribution in [3.63, 3.8) is 0 Å². The first-order valence-electron chi connectivity index (χ1n) is 8.50. The van der Waals surface area contributed by atoms with Crippen LogP contribution < -0.4 is 9.47 Å². The molecule has 2 aromatic rings. The fraction of sp³-hybridized carbons (Fsp3) is 0.429. The number of hydrogen-bond donors (Lipinski definition) is 0. The standard InChI is InChI=1S/C21H24O2/c1-21(2)13-12-17-19(21)16-6-4-5-7-18(16)23-20(17)14-8-10-15(22-3)11-9-14/h4-11,17,19-20H,12-13H2,1-3H3/t17-,19-,20-/m0/s1. The highest BCUT2D eigenvalue weighted by molar-refractivity contribution is 5.43. The van der Waals surface area contributed by atoms with Gasteiger partial charge in [-0.05, 0) is 53.5 Å². The average molecular weight is 308 g/mol. The molecule has 2 heteroatoms. The molecule has 1 aliphatic heterocycles. The fourth-order valence-corrected chi connectivity index (χ4v) is 4.60. The van der Waals surface area contributed by atoms with E-state index in [1.165, 1.54) is 24.0 Å². The molecule has 0 radical (unpaired) electrons. The van der Waals surface area contributed by atoms with Crippen molar-refractivity contribution >= 4 is 0 Å². The number of benzene rings is 2. The highest BCUT2D eigenvalue weighted by atomic mass is 16.5. The minimum absolute atomic E-state index is 0.141. The summed E-state index contributed by atoms with van der Waals surface area (Å²) in [5.41, 5.74) is 2.98. The summed E-state index contributed by atoms with van der Waals surface area (Å²) in [4.78, 5) is 0. The van der Waals surface area contributed by atoms with Crippen molar-refractivity contribution < 1.29 is 9.47 Å². The van der Waals surface area contributed by atoms with Crippen LogP contribution in [0.2, 0.25) is 0 Å². The summed E-state index contributed by atoms with van der Waals surface area (Å²) in [6, 6.07) is 17.0. The fourth-order valence-electron chi connectivity index (χ4n) is 4.60. The third kappa shape index (κ3) is 2.32. The maximum Gasteiger partial charge on any atom is 0.127 e. The van der Waals surface area contributed by atoms with Crippen LogP contribution in [0.15, 0.2) is 48.5 Å². The van der Waals surface area contributed by atoms with E-state index in [0.717, 1.165) is 11.5 Å². The number of ether oxygens (including phenoxy) is 2. The van der Waals surface area contributed by atoms with Gasteiger partial charge in [0.1, 0.15) is 17.6 Å². The van der Waals surface area contributed by atoms with Gasteiger partial charge in [0, 0.05) is 5.92 Å². The summed E-state index contributed by atoms with van der Waals surface area (Å²) in [6.45, 7) is 4.82. The van der Waals surface area contributed by atoms with Crippen LogP contribution in [0.3, 0.4) is 0 Å². The van der Waals surface area contributed by atoms with Gasteiger partial charge in [-0.25, -0.2) is 0 Å². The van der Waals surface area contributed by atoms with Gasteiger partial charge in [-0.1, -0.05) is 44.2 Å². The molecule has 2 aliphatic rings. The molecule has 23 heavy (non-hydrogen) atoms. The molecule has 1 aliphatic carbocycles. The van der Waals surface area contributed by atoms with Gasteiger partial charge in [-0.15, -0.1) is 0 Å². The van der Waals surface area contributed by atoms with E-state index >= 15 is 0 Å². The Kier molecular flexibility index (Phi) is 3.37. The molecule has 1 saturated carbocycles. The van der Waals surface area contributed by atoms with Gasteiger partial charge in [0.15, 0.2) is 0 Å². The summed E-state index contributed by atoms with van der Waals surface area (Å²) >= 11 is 0. The number of fused-ring (bicyclic) bond motifs is 3. The lowest BCUT2D eigenvalue weighted by atomic mass is 9.71. The first-order chi connectivity index (χ1) is 11.1. The van der Waals surface area contributed by atoms with Crippen LogP contribution in [0.1, 0.15) is 49.8 Å². The molecule has 0 N–H and O–H groups in total. The number of para-hydroxylation sites is 1. The SMILES string of the molecule is COc1ccc([C@@H]2Oc3ccccc3[C@H]3[C@@H]2CCC3(C)C)cc1. The second-order valence-corrected chi connectivity index (χ2v) is 7.52. The molecule has 0 saturated heterocycles. The Morgan fingerprint density at radius 1 is 1.04 bits per heavy atom. The van der Waals surface area contributed by atoms with Gasteiger partial charge in [0.25, 0.3) is 0 Å². The van der Waals surface area contributed by atoms with Crippen molar-refractivity contribution in [1.29, 1.82) is 0 Å². The molecule has 4 rings (SSSR count). The molecule has 120 valence electrons. The van der Waals surface area contributed by atoms with E-state index in [-0.39, 0.29) is 6.10 Å². The molecule has 0 amide bonds. The molecule has 1 fully saturated rings. The first-order valence-corrected chi connectivity index (χ1v) is 8.50. The lowest BCUT2D eigenvalue weighted by Gasteiger charge is -2.41. The zero-order chi connectivity index (χ0) is 16.0. The van der Waals surface area contributed by atoms with Crippen molar-refractivity contribution in [2.75, 3.05) is 7.11 Å². The Labute approximate surface area is 138 Å². The zero-order valence-corrected chi connectivity index (χ0v) is 14.1. The summed E-state index contributed by atoms with van der Waals surface area (Å²) in [5, 5.41) is 0. The van der Waals surface area contributed by atoms with E-state index in [9.17, 15) is 0 Å². The van der Waals surface area contributed by atoms with Gasteiger partial charge >= 0.3 is 0 Å². The van der Waals surface area contributed by atoms with Gasteiger partial charge in [0.05, 0.1) is 7.11 Å².